The van der Waals surface area contributed by atoms with Crippen LogP contribution in [0.3, 0.4) is 0 Å². The van der Waals surface area contributed by atoms with E-state index in [1.54, 1.807) is 6.20 Å². The van der Waals surface area contributed by atoms with Gasteiger partial charge in [-0.1, -0.05) is 12.1 Å². The molecule has 1 aromatic carbocycles. The number of hydrogen-bond donors (Lipinski definition) is 1. The standard InChI is InChI=1S/C22H27N3O4S/c1-14-9-23-19(13-30(26)21-24-17-7-5-6-8-18(17)25-21)15(2)20(14)27-10-16-11-28-22(3,4)29-12-16/h5-9,16H,10-13H2,1-4H3,(H,24,25). The molecule has 1 unspecified atom stereocenters. The number of nitrogens with zero attached hydrogens (tertiary/aromatic N) is 2. The molecule has 0 aliphatic carbocycles. The van der Waals surface area contributed by atoms with Gasteiger partial charge in [-0.2, -0.15) is 4.98 Å². The van der Waals surface area contributed by atoms with Crippen molar-refractivity contribution in [3.63, 3.8) is 0 Å². The number of rotatable bonds is 6. The molecule has 2 aromatic heterocycles. The summed E-state index contributed by atoms with van der Waals surface area (Å²) in [7, 11) is 0. The molecule has 8 heteroatoms. The third-order valence-electron chi connectivity index (χ3n) is 5.19. The van der Waals surface area contributed by atoms with Gasteiger partial charge in [0.2, 0.25) is 0 Å². The van der Waals surface area contributed by atoms with Gasteiger partial charge in [-0.15, -0.1) is 0 Å². The Bertz CT molecular complexity index is 993. The molecule has 3 aromatic rings. The second-order valence-electron chi connectivity index (χ2n) is 8.09. The highest BCUT2D eigenvalue weighted by Gasteiger charge is 2.29. The highest BCUT2D eigenvalue weighted by molar-refractivity contribution is 7.90. The lowest BCUT2D eigenvalue weighted by Crippen LogP contribution is -2.41. The molecule has 160 valence electrons. The maximum atomic E-state index is 12.9. The molecule has 1 atom stereocenters. The second-order valence-corrected chi connectivity index (χ2v) is 9.46. The number of imidazole rings is 1. The first-order valence-corrected chi connectivity index (χ1v) is 11.3. The molecule has 0 amide bonds. The molecule has 3 heterocycles. The van der Waals surface area contributed by atoms with Crippen molar-refractivity contribution < 1.29 is 18.8 Å². The van der Waals surface area contributed by atoms with Crippen molar-refractivity contribution in [2.75, 3.05) is 19.8 Å². The maximum absolute atomic E-state index is 12.9. The van der Waals surface area contributed by atoms with Gasteiger partial charge in [0, 0.05) is 34.4 Å². The Morgan fingerprint density at radius 1 is 1.23 bits per heavy atom. The Balaban J connectivity index is 1.45. The summed E-state index contributed by atoms with van der Waals surface area (Å²) in [5, 5.41) is 0.458. The van der Waals surface area contributed by atoms with Gasteiger partial charge in [-0.05, 0) is 39.8 Å². The number of aromatic nitrogens is 3. The van der Waals surface area contributed by atoms with E-state index in [0.717, 1.165) is 33.6 Å². The zero-order valence-corrected chi connectivity index (χ0v) is 18.5. The third-order valence-corrected chi connectivity index (χ3v) is 6.35. The summed E-state index contributed by atoms with van der Waals surface area (Å²) in [5.41, 5.74) is 4.27. The molecule has 7 nitrogen and oxygen atoms in total. The van der Waals surface area contributed by atoms with Gasteiger partial charge in [-0.3, -0.25) is 9.97 Å². The van der Waals surface area contributed by atoms with E-state index >= 15 is 0 Å². The van der Waals surface area contributed by atoms with Crippen LogP contribution in [0.2, 0.25) is 0 Å². The molecule has 4 rings (SSSR count). The monoisotopic (exact) mass is 429 g/mol. The van der Waals surface area contributed by atoms with Crippen LogP contribution in [-0.2, 0) is 26.4 Å². The van der Waals surface area contributed by atoms with E-state index in [1.165, 1.54) is 0 Å². The summed E-state index contributed by atoms with van der Waals surface area (Å²) >= 11 is -1.33. The molecular formula is C22H27N3O4S. The van der Waals surface area contributed by atoms with E-state index in [0.29, 0.717) is 25.0 Å². The number of benzene rings is 1. The Hall–Kier alpha value is -2.13. The van der Waals surface area contributed by atoms with Crippen LogP contribution in [0.15, 0.2) is 35.6 Å². The summed E-state index contributed by atoms with van der Waals surface area (Å²) < 4.78 is 30.5. The van der Waals surface area contributed by atoms with E-state index in [2.05, 4.69) is 15.0 Å². The van der Waals surface area contributed by atoms with Gasteiger partial charge in [0.15, 0.2) is 11.5 Å². The number of nitrogens with one attached hydrogen (secondary N) is 1. The van der Waals surface area contributed by atoms with Crippen LogP contribution in [0, 0.1) is 19.8 Å². The molecule has 1 aliphatic rings. The first kappa shape index (κ1) is 21.1. The predicted molar refractivity (Wildman–Crippen MR) is 115 cm³/mol. The van der Waals surface area contributed by atoms with E-state index in [1.807, 2.05) is 52.0 Å². The van der Waals surface area contributed by atoms with Gasteiger partial charge in [-0.25, -0.2) is 0 Å². The normalized spacial score (nSPS) is 17.9. The Labute approximate surface area is 179 Å². The van der Waals surface area contributed by atoms with Crippen LogP contribution in [0.4, 0.5) is 0 Å². The summed E-state index contributed by atoms with van der Waals surface area (Å²) in [5.74, 6) is 0.684. The summed E-state index contributed by atoms with van der Waals surface area (Å²) in [6.45, 7) is 9.43. The van der Waals surface area contributed by atoms with Crippen molar-refractivity contribution in [2.24, 2.45) is 5.92 Å². The average Bonchev–Trinajstić information content (AvgIpc) is 3.15. The molecule has 1 fully saturated rings. The van der Waals surface area contributed by atoms with Crippen LogP contribution >= 0.6 is 0 Å². The van der Waals surface area contributed by atoms with E-state index in [-0.39, 0.29) is 11.7 Å². The van der Waals surface area contributed by atoms with Crippen LogP contribution in [-0.4, -0.2) is 45.1 Å². The van der Waals surface area contributed by atoms with E-state index in [4.69, 9.17) is 14.2 Å². The van der Waals surface area contributed by atoms with Crippen molar-refractivity contribution in [1.29, 1.82) is 0 Å². The summed E-state index contributed by atoms with van der Waals surface area (Å²) in [4.78, 5) is 12.1. The van der Waals surface area contributed by atoms with Gasteiger partial charge >= 0.3 is 5.16 Å². The number of ether oxygens (including phenoxy) is 3. The third kappa shape index (κ3) is 4.62. The quantitative estimate of drug-likeness (QED) is 0.601. The van der Waals surface area contributed by atoms with Gasteiger partial charge < -0.3 is 18.8 Å². The molecule has 0 spiro atoms. The smallest absolute Gasteiger partial charge is 0.322 e. The van der Waals surface area contributed by atoms with Crippen molar-refractivity contribution in [1.82, 2.24) is 15.0 Å². The lowest BCUT2D eigenvalue weighted by atomic mass is 10.1. The lowest BCUT2D eigenvalue weighted by molar-refractivity contribution is -0.264. The minimum atomic E-state index is -1.33. The first-order chi connectivity index (χ1) is 14.3. The Morgan fingerprint density at radius 3 is 2.70 bits per heavy atom. The minimum Gasteiger partial charge on any atom is -0.609 e. The van der Waals surface area contributed by atoms with Gasteiger partial charge in [0.1, 0.15) is 5.75 Å². The SMILES string of the molecule is Cc1cnc(C[S+]([O-])c2nc3ccccc3[nH]2)c(C)c1OCC1COC(C)(C)OC1. The largest absolute Gasteiger partial charge is 0.609 e. The number of H-pyrrole nitrogens is 1. The fraction of sp³-hybridized carbons (Fsp3) is 0.455. The predicted octanol–water partition coefficient (Wildman–Crippen LogP) is 3.66. The molecular weight excluding hydrogens is 402 g/mol. The zero-order chi connectivity index (χ0) is 21.3. The Morgan fingerprint density at radius 2 is 1.97 bits per heavy atom. The number of hydrogen-bond acceptors (Lipinski definition) is 6. The maximum Gasteiger partial charge on any atom is 0.322 e. The summed E-state index contributed by atoms with van der Waals surface area (Å²) in [6, 6.07) is 7.65. The molecule has 0 saturated carbocycles. The fourth-order valence-corrected chi connectivity index (χ4v) is 4.48. The van der Waals surface area contributed by atoms with Crippen molar-refractivity contribution in [2.45, 2.75) is 44.4 Å². The van der Waals surface area contributed by atoms with Crippen molar-refractivity contribution >= 4 is 22.2 Å². The average molecular weight is 430 g/mol. The minimum absolute atomic E-state index is 0.165. The molecule has 30 heavy (non-hydrogen) atoms. The van der Waals surface area contributed by atoms with Gasteiger partial charge in [0.25, 0.3) is 0 Å². The zero-order valence-electron chi connectivity index (χ0n) is 17.7. The molecule has 1 saturated heterocycles. The molecule has 1 N–H and O–H groups in total. The van der Waals surface area contributed by atoms with Crippen LogP contribution in [0.25, 0.3) is 11.0 Å². The number of aryl methyl sites for hydroxylation is 1. The molecule has 0 radical (unpaired) electrons. The number of fused-ring (bicyclic) bond motifs is 1. The second kappa shape index (κ2) is 8.55. The van der Waals surface area contributed by atoms with Crippen molar-refractivity contribution in [3.05, 3.63) is 47.3 Å². The van der Waals surface area contributed by atoms with E-state index < -0.39 is 17.0 Å². The Kier molecular flexibility index (Phi) is 6.02. The fourth-order valence-electron chi connectivity index (χ4n) is 3.38. The van der Waals surface area contributed by atoms with E-state index in [9.17, 15) is 4.55 Å². The van der Waals surface area contributed by atoms with Crippen molar-refractivity contribution in [3.8, 4) is 5.75 Å². The lowest BCUT2D eigenvalue weighted by Gasteiger charge is -2.34. The topological polar surface area (TPSA) is 92.3 Å². The highest BCUT2D eigenvalue weighted by atomic mass is 32.2. The van der Waals surface area contributed by atoms with Crippen LogP contribution in [0.5, 0.6) is 5.75 Å². The van der Waals surface area contributed by atoms with Crippen LogP contribution < -0.4 is 4.74 Å². The van der Waals surface area contributed by atoms with Crippen LogP contribution in [0.1, 0.15) is 30.7 Å². The molecule has 0 bridgehead atoms. The number of para-hydroxylation sites is 2. The number of pyridine rings is 1. The molecule has 1 aliphatic heterocycles. The van der Waals surface area contributed by atoms with Gasteiger partial charge in [0.05, 0.1) is 36.5 Å². The highest BCUT2D eigenvalue weighted by Crippen LogP contribution is 2.28. The number of aromatic amines is 1. The summed E-state index contributed by atoms with van der Waals surface area (Å²) in [6.07, 6.45) is 1.77. The first-order valence-electron chi connectivity index (χ1n) is 10.0.